The molecule has 3 nitrogen and oxygen atoms in total. The van der Waals surface area contributed by atoms with Gasteiger partial charge >= 0.3 is 0 Å². The molecule has 3 aromatic rings. The number of carbonyl (C=O) groups excluding carboxylic acids is 1. The Morgan fingerprint density at radius 2 is 1.87 bits per heavy atom. The molecule has 0 atom stereocenters. The average Bonchev–Trinajstić information content (AvgIpc) is 3.04. The largest absolute Gasteiger partial charge is 0.326 e. The van der Waals surface area contributed by atoms with Gasteiger partial charge in [0.2, 0.25) is 5.91 Å². The summed E-state index contributed by atoms with van der Waals surface area (Å²) in [6.07, 6.45) is 2.31. The smallest absolute Gasteiger partial charge is 0.230 e. The van der Waals surface area contributed by atoms with Crippen LogP contribution in [0.3, 0.4) is 0 Å². The van der Waals surface area contributed by atoms with E-state index in [0.717, 1.165) is 22.0 Å². The summed E-state index contributed by atoms with van der Waals surface area (Å²) in [6.45, 7) is 0. The van der Waals surface area contributed by atoms with Crippen LogP contribution in [0, 0.1) is 0 Å². The van der Waals surface area contributed by atoms with Crippen LogP contribution >= 0.6 is 23.1 Å². The second kappa shape index (κ2) is 7.44. The Morgan fingerprint density at radius 3 is 2.57 bits per heavy atom. The molecule has 0 saturated heterocycles. The van der Waals surface area contributed by atoms with Gasteiger partial charge in [-0.25, -0.2) is 4.98 Å². The van der Waals surface area contributed by atoms with Crippen molar-refractivity contribution in [1.29, 1.82) is 0 Å². The fraction of sp³-hybridized carbons (Fsp3) is 0.111. The first-order valence-electron chi connectivity index (χ1n) is 7.18. The minimum Gasteiger partial charge on any atom is -0.326 e. The summed E-state index contributed by atoms with van der Waals surface area (Å²) in [7, 11) is 0. The Labute approximate surface area is 143 Å². The number of benzene rings is 2. The van der Waals surface area contributed by atoms with E-state index in [4.69, 9.17) is 0 Å². The molecule has 0 fully saturated rings. The molecule has 0 aliphatic carbocycles. The van der Waals surface area contributed by atoms with Crippen LogP contribution in [-0.2, 0) is 11.2 Å². The van der Waals surface area contributed by atoms with Crippen molar-refractivity contribution in [3.63, 3.8) is 0 Å². The minimum absolute atomic E-state index is 0.0492. The van der Waals surface area contributed by atoms with Crippen molar-refractivity contribution in [1.82, 2.24) is 4.98 Å². The van der Waals surface area contributed by atoms with Crippen LogP contribution in [0.25, 0.3) is 10.6 Å². The zero-order valence-electron chi connectivity index (χ0n) is 12.7. The van der Waals surface area contributed by atoms with Gasteiger partial charge in [-0.15, -0.1) is 23.1 Å². The number of hydrogen-bond donors (Lipinski definition) is 1. The van der Waals surface area contributed by atoms with Gasteiger partial charge in [-0.1, -0.05) is 30.3 Å². The summed E-state index contributed by atoms with van der Waals surface area (Å²) in [6, 6.07) is 17.8. The van der Waals surface area contributed by atoms with Gasteiger partial charge in [0.1, 0.15) is 5.01 Å². The number of amides is 1. The van der Waals surface area contributed by atoms with Crippen LogP contribution in [0.5, 0.6) is 0 Å². The third kappa shape index (κ3) is 4.21. The van der Waals surface area contributed by atoms with Crippen LogP contribution in [0.4, 0.5) is 5.69 Å². The summed E-state index contributed by atoms with van der Waals surface area (Å²) in [5.74, 6) is -0.0492. The fourth-order valence-corrected chi connectivity index (χ4v) is 3.38. The zero-order chi connectivity index (χ0) is 16.1. The predicted molar refractivity (Wildman–Crippen MR) is 98.1 cm³/mol. The van der Waals surface area contributed by atoms with Crippen LogP contribution in [-0.4, -0.2) is 17.1 Å². The van der Waals surface area contributed by atoms with Crippen molar-refractivity contribution in [3.8, 4) is 10.6 Å². The molecule has 1 aromatic heterocycles. The van der Waals surface area contributed by atoms with Gasteiger partial charge in [-0.3, -0.25) is 4.79 Å². The highest BCUT2D eigenvalue weighted by molar-refractivity contribution is 7.98. The number of nitrogens with one attached hydrogen (secondary N) is 1. The third-order valence-electron chi connectivity index (χ3n) is 3.29. The second-order valence-corrected chi connectivity index (χ2v) is 6.70. The van der Waals surface area contributed by atoms with Gasteiger partial charge in [-0.2, -0.15) is 0 Å². The lowest BCUT2D eigenvalue weighted by atomic mass is 10.2. The lowest BCUT2D eigenvalue weighted by Crippen LogP contribution is -2.14. The molecule has 23 heavy (non-hydrogen) atoms. The topological polar surface area (TPSA) is 42.0 Å². The van der Waals surface area contributed by atoms with E-state index >= 15 is 0 Å². The molecule has 0 bridgehead atoms. The minimum atomic E-state index is -0.0492. The first kappa shape index (κ1) is 15.8. The lowest BCUT2D eigenvalue weighted by molar-refractivity contribution is -0.115. The molecule has 5 heteroatoms. The maximum Gasteiger partial charge on any atom is 0.230 e. The summed E-state index contributed by atoms with van der Waals surface area (Å²) in [5, 5.41) is 5.79. The molecule has 0 unspecified atom stereocenters. The molecule has 2 aromatic carbocycles. The first-order valence-corrected chi connectivity index (χ1v) is 9.29. The number of rotatable bonds is 5. The van der Waals surface area contributed by atoms with Crippen molar-refractivity contribution in [2.75, 3.05) is 11.6 Å². The van der Waals surface area contributed by atoms with Crippen molar-refractivity contribution in [2.45, 2.75) is 11.3 Å². The fourth-order valence-electron chi connectivity index (χ4n) is 2.15. The highest BCUT2D eigenvalue weighted by atomic mass is 32.2. The monoisotopic (exact) mass is 340 g/mol. The highest BCUT2D eigenvalue weighted by Gasteiger charge is 2.09. The van der Waals surface area contributed by atoms with E-state index in [1.165, 1.54) is 4.90 Å². The van der Waals surface area contributed by atoms with Crippen LogP contribution in [0.15, 0.2) is 64.9 Å². The number of nitrogens with zero attached hydrogens (tertiary/aromatic N) is 1. The Hall–Kier alpha value is -2.11. The van der Waals surface area contributed by atoms with E-state index in [1.807, 2.05) is 66.2 Å². The Morgan fingerprint density at radius 1 is 1.13 bits per heavy atom. The molecule has 0 radical (unpaired) electrons. The predicted octanol–water partition coefficient (Wildman–Crippen LogP) is 4.71. The van der Waals surface area contributed by atoms with Crippen LogP contribution in [0.2, 0.25) is 0 Å². The third-order valence-corrected chi connectivity index (χ3v) is 4.97. The number of thiazole rings is 1. The standard InChI is InChI=1S/C18H16N2OS2/c1-22-16-9-7-14(8-10-16)19-17(21)11-15-12-23-18(20-15)13-5-3-2-4-6-13/h2-10,12H,11H2,1H3,(H,19,21). The summed E-state index contributed by atoms with van der Waals surface area (Å²) >= 11 is 3.24. The van der Waals surface area contributed by atoms with E-state index in [2.05, 4.69) is 10.3 Å². The van der Waals surface area contributed by atoms with E-state index < -0.39 is 0 Å². The molecule has 1 heterocycles. The van der Waals surface area contributed by atoms with E-state index in [9.17, 15) is 4.79 Å². The summed E-state index contributed by atoms with van der Waals surface area (Å²) in [5.41, 5.74) is 2.69. The van der Waals surface area contributed by atoms with Crippen LogP contribution in [0.1, 0.15) is 5.69 Å². The maximum atomic E-state index is 12.1. The molecule has 3 rings (SSSR count). The lowest BCUT2D eigenvalue weighted by Gasteiger charge is -2.04. The molecular weight excluding hydrogens is 324 g/mol. The number of anilines is 1. The Kier molecular flexibility index (Phi) is 5.10. The molecule has 1 N–H and O–H groups in total. The van der Waals surface area contributed by atoms with Gasteiger partial charge < -0.3 is 5.32 Å². The molecule has 0 aliphatic heterocycles. The van der Waals surface area contributed by atoms with Gasteiger partial charge in [0.25, 0.3) is 0 Å². The Balaban J connectivity index is 1.63. The molecule has 116 valence electrons. The molecular formula is C18H16N2OS2. The zero-order valence-corrected chi connectivity index (χ0v) is 14.3. The highest BCUT2D eigenvalue weighted by Crippen LogP contribution is 2.23. The quantitative estimate of drug-likeness (QED) is 0.684. The van der Waals surface area contributed by atoms with Crippen LogP contribution < -0.4 is 5.32 Å². The van der Waals surface area contributed by atoms with Gasteiger partial charge in [0.05, 0.1) is 12.1 Å². The van der Waals surface area contributed by atoms with E-state index in [-0.39, 0.29) is 12.3 Å². The normalized spacial score (nSPS) is 10.5. The molecule has 0 aliphatic rings. The number of thioether (sulfide) groups is 1. The van der Waals surface area contributed by atoms with E-state index in [0.29, 0.717) is 0 Å². The molecule has 1 amide bonds. The SMILES string of the molecule is CSc1ccc(NC(=O)Cc2csc(-c3ccccc3)n2)cc1. The maximum absolute atomic E-state index is 12.1. The van der Waals surface area contributed by atoms with Crippen molar-refractivity contribution in [2.24, 2.45) is 0 Å². The van der Waals surface area contributed by atoms with Crippen molar-refractivity contribution in [3.05, 3.63) is 65.7 Å². The summed E-state index contributed by atoms with van der Waals surface area (Å²) in [4.78, 5) is 17.9. The number of aromatic nitrogens is 1. The van der Waals surface area contributed by atoms with Gasteiger partial charge in [0, 0.05) is 21.5 Å². The molecule has 0 spiro atoms. The number of hydrogen-bond acceptors (Lipinski definition) is 4. The summed E-state index contributed by atoms with van der Waals surface area (Å²) < 4.78 is 0. The first-order chi connectivity index (χ1) is 11.2. The van der Waals surface area contributed by atoms with E-state index in [1.54, 1.807) is 23.1 Å². The Bertz CT molecular complexity index is 782. The average molecular weight is 340 g/mol. The molecule has 0 saturated carbocycles. The van der Waals surface area contributed by atoms with Crippen molar-refractivity contribution < 1.29 is 4.79 Å². The van der Waals surface area contributed by atoms with Gasteiger partial charge in [0.15, 0.2) is 0 Å². The number of carbonyl (C=O) groups is 1. The van der Waals surface area contributed by atoms with Gasteiger partial charge in [-0.05, 0) is 30.5 Å². The second-order valence-electron chi connectivity index (χ2n) is 4.96. The van der Waals surface area contributed by atoms with Crippen molar-refractivity contribution >= 4 is 34.7 Å².